The van der Waals surface area contributed by atoms with Crippen molar-refractivity contribution in [2.75, 3.05) is 0 Å². The molecule has 0 aliphatic rings. The van der Waals surface area contributed by atoms with Crippen LogP contribution in [0.1, 0.15) is 18.1 Å². The fraction of sp³-hybridized carbons (Fsp3) is 0.231. The maximum atomic E-state index is 3.36. The number of hydrogen-bond acceptors (Lipinski definition) is 0. The number of rotatable bonds is 2. The summed E-state index contributed by atoms with van der Waals surface area (Å²) in [6, 6.07) is 8.66. The molecule has 0 amide bonds. The van der Waals surface area contributed by atoms with Crippen molar-refractivity contribution in [3.05, 3.63) is 60.7 Å². The van der Waals surface area contributed by atoms with E-state index in [9.17, 15) is 0 Å². The molecule has 70 valence electrons. The molecule has 0 saturated heterocycles. The molecule has 13 heavy (non-hydrogen) atoms. The average molecular weight is 174 g/mol. The summed E-state index contributed by atoms with van der Waals surface area (Å²) in [6.45, 7) is 11.0. The predicted octanol–water partition coefficient (Wildman–Crippen LogP) is 3.92. The molecule has 0 spiro atoms. The molecule has 0 fully saturated rings. The van der Waals surface area contributed by atoms with Crippen LogP contribution in [-0.4, -0.2) is 0 Å². The van der Waals surface area contributed by atoms with Crippen LogP contribution >= 0.6 is 0 Å². The molecule has 0 radical (unpaired) electrons. The zero-order valence-electron chi connectivity index (χ0n) is 8.59. The normalized spacial score (nSPS) is 8.15. The van der Waals surface area contributed by atoms with E-state index in [1.165, 1.54) is 11.1 Å². The predicted molar refractivity (Wildman–Crippen MR) is 61.0 cm³/mol. The van der Waals surface area contributed by atoms with Gasteiger partial charge >= 0.3 is 0 Å². The van der Waals surface area contributed by atoms with Gasteiger partial charge in [0.1, 0.15) is 0 Å². The van der Waals surface area contributed by atoms with Crippen molar-refractivity contribution < 1.29 is 0 Å². The molecule has 0 N–H and O–H groups in total. The molecular weight excluding hydrogens is 156 g/mol. The molecule has 1 aromatic rings. The van der Waals surface area contributed by atoms with Crippen LogP contribution in [0.5, 0.6) is 0 Å². The van der Waals surface area contributed by atoms with Gasteiger partial charge in [0, 0.05) is 0 Å². The van der Waals surface area contributed by atoms with Gasteiger partial charge in [-0.2, -0.15) is 0 Å². The minimum Gasteiger partial charge on any atom is -0.0991 e. The summed E-state index contributed by atoms with van der Waals surface area (Å²) in [6.07, 6.45) is 4.42. The van der Waals surface area contributed by atoms with Gasteiger partial charge < -0.3 is 0 Å². The maximum absolute atomic E-state index is 3.36. The van der Waals surface area contributed by atoms with E-state index in [0.717, 1.165) is 6.42 Å². The van der Waals surface area contributed by atoms with Crippen LogP contribution < -0.4 is 0 Å². The third-order valence-electron chi connectivity index (χ3n) is 1.70. The van der Waals surface area contributed by atoms with E-state index >= 15 is 0 Å². The number of aryl methyl sites for hydroxylation is 2. The van der Waals surface area contributed by atoms with E-state index in [4.69, 9.17) is 0 Å². The Kier molecular flexibility index (Phi) is 6.62. The van der Waals surface area contributed by atoms with Gasteiger partial charge in [-0.3, -0.25) is 0 Å². The largest absolute Gasteiger partial charge is 0.0991 e. The third-order valence-corrected chi connectivity index (χ3v) is 1.70. The topological polar surface area (TPSA) is 0 Å². The fourth-order valence-electron chi connectivity index (χ4n) is 0.824. The molecule has 0 unspecified atom stereocenters. The Morgan fingerprint density at radius 3 is 1.85 bits per heavy atom. The summed E-state index contributed by atoms with van der Waals surface area (Å²) in [5.41, 5.74) is 2.76. The van der Waals surface area contributed by atoms with E-state index in [0.29, 0.717) is 0 Å². The molecule has 0 saturated carbocycles. The van der Waals surface area contributed by atoms with Crippen molar-refractivity contribution >= 4 is 0 Å². The summed E-state index contributed by atoms with van der Waals surface area (Å²) >= 11 is 0. The van der Waals surface area contributed by atoms with Crippen molar-refractivity contribution in [3.63, 3.8) is 0 Å². The van der Waals surface area contributed by atoms with Crippen molar-refractivity contribution in [2.45, 2.75) is 20.3 Å². The summed E-state index contributed by atoms with van der Waals surface area (Å²) < 4.78 is 0. The van der Waals surface area contributed by atoms with E-state index in [2.05, 4.69) is 51.3 Å². The van der Waals surface area contributed by atoms with Crippen LogP contribution in [0.2, 0.25) is 0 Å². The zero-order chi connectivity index (χ0) is 10.1. The van der Waals surface area contributed by atoms with E-state index in [-0.39, 0.29) is 0 Å². The standard InChI is InChI=1S/C9H12.C4H6/c1-3-9-6-4-8(2)5-7-9;1-3-4-2/h4-7H,3H2,1-2H3;3-4H,1-2H2. The minimum atomic E-state index is 1.14. The first-order valence-corrected chi connectivity index (χ1v) is 4.53. The highest BCUT2D eigenvalue weighted by Gasteiger charge is 1.84. The first-order valence-electron chi connectivity index (χ1n) is 4.53. The SMILES string of the molecule is C=CC=C.CCc1ccc(C)cc1. The maximum Gasteiger partial charge on any atom is -0.0307 e. The molecule has 1 aromatic carbocycles. The Balaban J connectivity index is 0.000000310. The lowest BCUT2D eigenvalue weighted by molar-refractivity contribution is 1.14. The van der Waals surface area contributed by atoms with Crippen LogP contribution in [0.3, 0.4) is 0 Å². The smallest absolute Gasteiger partial charge is 0.0307 e. The quantitative estimate of drug-likeness (QED) is 0.596. The van der Waals surface area contributed by atoms with Crippen LogP contribution in [0.25, 0.3) is 0 Å². The second-order valence-corrected chi connectivity index (χ2v) is 2.81. The molecule has 0 aromatic heterocycles. The highest BCUT2D eigenvalue weighted by molar-refractivity contribution is 5.20. The lowest BCUT2D eigenvalue weighted by Gasteiger charge is -1.94. The molecule has 0 heterocycles. The minimum absolute atomic E-state index is 1.14. The van der Waals surface area contributed by atoms with Crippen LogP contribution in [-0.2, 0) is 6.42 Å². The highest BCUT2D eigenvalue weighted by atomic mass is 13.9. The summed E-state index contributed by atoms with van der Waals surface area (Å²) in [5, 5.41) is 0. The summed E-state index contributed by atoms with van der Waals surface area (Å²) in [5.74, 6) is 0. The lowest BCUT2D eigenvalue weighted by atomic mass is 10.1. The summed E-state index contributed by atoms with van der Waals surface area (Å²) in [4.78, 5) is 0. The van der Waals surface area contributed by atoms with Crippen molar-refractivity contribution in [3.8, 4) is 0 Å². The van der Waals surface area contributed by atoms with Gasteiger partial charge in [0.15, 0.2) is 0 Å². The van der Waals surface area contributed by atoms with Gasteiger partial charge in [-0.1, -0.05) is 62.1 Å². The number of allylic oxidation sites excluding steroid dienone is 2. The van der Waals surface area contributed by atoms with Gasteiger partial charge in [-0.25, -0.2) is 0 Å². The Morgan fingerprint density at radius 1 is 1.08 bits per heavy atom. The highest BCUT2D eigenvalue weighted by Crippen LogP contribution is 2.02. The molecule has 0 aliphatic heterocycles. The molecule has 1 rings (SSSR count). The number of benzene rings is 1. The average Bonchev–Trinajstić information content (AvgIpc) is 2.19. The van der Waals surface area contributed by atoms with E-state index < -0.39 is 0 Å². The van der Waals surface area contributed by atoms with Crippen LogP contribution in [0.15, 0.2) is 49.6 Å². The monoisotopic (exact) mass is 174 g/mol. The van der Waals surface area contributed by atoms with E-state index in [1.54, 1.807) is 12.2 Å². The van der Waals surface area contributed by atoms with Crippen LogP contribution in [0.4, 0.5) is 0 Å². The Bertz CT molecular complexity index is 235. The van der Waals surface area contributed by atoms with Gasteiger partial charge in [-0.05, 0) is 18.9 Å². The molecule has 0 nitrogen and oxygen atoms in total. The molecule has 0 aliphatic carbocycles. The molecule has 0 bridgehead atoms. The van der Waals surface area contributed by atoms with Gasteiger partial charge in [0.05, 0.1) is 0 Å². The molecular formula is C13H18. The molecule has 0 atom stereocenters. The second kappa shape index (κ2) is 7.35. The Hall–Kier alpha value is -1.30. The first-order chi connectivity index (χ1) is 6.24. The Labute approximate surface area is 81.6 Å². The fourth-order valence-corrected chi connectivity index (χ4v) is 0.824. The van der Waals surface area contributed by atoms with Crippen LogP contribution in [0, 0.1) is 6.92 Å². The van der Waals surface area contributed by atoms with Crippen molar-refractivity contribution in [1.29, 1.82) is 0 Å². The van der Waals surface area contributed by atoms with Gasteiger partial charge in [-0.15, -0.1) is 0 Å². The van der Waals surface area contributed by atoms with E-state index in [1.807, 2.05) is 0 Å². The zero-order valence-corrected chi connectivity index (χ0v) is 8.59. The van der Waals surface area contributed by atoms with Crippen molar-refractivity contribution in [1.82, 2.24) is 0 Å². The first kappa shape index (κ1) is 11.7. The van der Waals surface area contributed by atoms with Crippen molar-refractivity contribution in [2.24, 2.45) is 0 Å². The summed E-state index contributed by atoms with van der Waals surface area (Å²) in [7, 11) is 0. The Morgan fingerprint density at radius 2 is 1.54 bits per heavy atom. The van der Waals surface area contributed by atoms with Gasteiger partial charge in [0.25, 0.3) is 0 Å². The van der Waals surface area contributed by atoms with Gasteiger partial charge in [0.2, 0.25) is 0 Å². The third kappa shape index (κ3) is 5.92. The number of hydrogen-bond donors (Lipinski definition) is 0. The lowest BCUT2D eigenvalue weighted by Crippen LogP contribution is -1.77. The molecule has 0 heteroatoms. The second-order valence-electron chi connectivity index (χ2n) is 2.81.